The van der Waals surface area contributed by atoms with Gasteiger partial charge in [-0.3, -0.25) is 4.79 Å². The Hall–Kier alpha value is -2.23. The molecule has 2 aromatic carbocycles. The lowest BCUT2D eigenvalue weighted by Crippen LogP contribution is -2.37. The van der Waals surface area contributed by atoms with Gasteiger partial charge in [-0.2, -0.15) is 4.99 Å². The van der Waals surface area contributed by atoms with E-state index in [4.69, 9.17) is 21.1 Å². The lowest BCUT2D eigenvalue weighted by Gasteiger charge is -2.24. The number of fused-ring (bicyclic) bond motifs is 1. The van der Waals surface area contributed by atoms with Gasteiger partial charge in [-0.1, -0.05) is 35.5 Å². The van der Waals surface area contributed by atoms with Crippen LogP contribution in [0.1, 0.15) is 5.56 Å². The summed E-state index contributed by atoms with van der Waals surface area (Å²) in [5, 5.41) is 0.981. The maximum absolute atomic E-state index is 12.5. The van der Waals surface area contributed by atoms with Crippen LogP contribution in [0.5, 0.6) is 11.5 Å². The van der Waals surface area contributed by atoms with Crippen molar-refractivity contribution in [3.05, 3.63) is 59.1 Å². The summed E-state index contributed by atoms with van der Waals surface area (Å²) >= 11 is 7.20. The number of amides is 1. The van der Waals surface area contributed by atoms with Gasteiger partial charge in [0.05, 0.1) is 24.7 Å². The van der Waals surface area contributed by atoms with Crippen molar-refractivity contribution in [2.75, 3.05) is 25.2 Å². The predicted octanol–water partition coefficient (Wildman–Crippen LogP) is 3.02. The number of methoxy groups -OCH3 is 1. The Morgan fingerprint density at radius 1 is 1.13 bits per heavy atom. The minimum atomic E-state index is -3.10. The first-order valence-corrected chi connectivity index (χ1v) is 12.7. The Morgan fingerprint density at radius 3 is 2.48 bits per heavy atom. The molecular weight excluding hydrogens is 460 g/mol. The van der Waals surface area contributed by atoms with Crippen molar-refractivity contribution in [1.29, 1.82) is 0 Å². The molecule has 0 aromatic heterocycles. The van der Waals surface area contributed by atoms with Crippen molar-refractivity contribution >= 4 is 44.3 Å². The molecule has 2 aliphatic heterocycles. The molecule has 2 fully saturated rings. The van der Waals surface area contributed by atoms with E-state index >= 15 is 0 Å². The van der Waals surface area contributed by atoms with Gasteiger partial charge in [-0.25, -0.2) is 8.42 Å². The number of carbonyl (C=O) groups excluding carboxylic acids is 1. The molecule has 0 radical (unpaired) electrons. The second-order valence-corrected chi connectivity index (χ2v) is 11.1. The minimum absolute atomic E-state index is 0.0648. The summed E-state index contributed by atoms with van der Waals surface area (Å²) in [6.45, 7) is 0.244. The third-order valence-electron chi connectivity index (χ3n) is 5.08. The number of amidine groups is 1. The minimum Gasteiger partial charge on any atom is -0.497 e. The second kappa shape index (κ2) is 9.10. The third-order valence-corrected chi connectivity index (χ3v) is 8.58. The van der Waals surface area contributed by atoms with E-state index < -0.39 is 15.7 Å². The third kappa shape index (κ3) is 5.34. The van der Waals surface area contributed by atoms with Gasteiger partial charge in [-0.05, 0) is 42.0 Å². The summed E-state index contributed by atoms with van der Waals surface area (Å²) in [6.07, 6.45) is 0. The summed E-state index contributed by atoms with van der Waals surface area (Å²) in [4.78, 5) is 18.6. The summed E-state index contributed by atoms with van der Waals surface area (Å²) in [5.74, 6) is 0.991. The Bertz CT molecular complexity index is 1090. The van der Waals surface area contributed by atoms with E-state index in [1.54, 1.807) is 31.4 Å². The van der Waals surface area contributed by atoms with E-state index in [1.807, 2.05) is 29.2 Å². The molecule has 31 heavy (non-hydrogen) atoms. The molecule has 10 heteroatoms. The van der Waals surface area contributed by atoms with Gasteiger partial charge in [0.1, 0.15) is 11.5 Å². The molecule has 1 amide bonds. The number of nitrogens with zero attached hydrogens (tertiary/aromatic N) is 2. The molecule has 2 heterocycles. The van der Waals surface area contributed by atoms with Crippen LogP contribution < -0.4 is 9.47 Å². The number of thioether (sulfide) groups is 1. The molecule has 2 atom stereocenters. The van der Waals surface area contributed by atoms with Gasteiger partial charge in [0, 0.05) is 16.8 Å². The first-order chi connectivity index (χ1) is 14.8. The molecule has 164 valence electrons. The molecule has 0 aliphatic carbocycles. The fraction of sp³-hybridized carbons (Fsp3) is 0.333. The van der Waals surface area contributed by atoms with Gasteiger partial charge in [0.15, 0.2) is 21.6 Å². The zero-order valence-corrected chi connectivity index (χ0v) is 19.1. The van der Waals surface area contributed by atoms with Crippen molar-refractivity contribution in [3.63, 3.8) is 0 Å². The number of benzene rings is 2. The van der Waals surface area contributed by atoms with Gasteiger partial charge in [0.2, 0.25) is 0 Å². The van der Waals surface area contributed by atoms with E-state index in [0.29, 0.717) is 22.5 Å². The van der Waals surface area contributed by atoms with E-state index in [0.717, 1.165) is 11.3 Å². The van der Waals surface area contributed by atoms with Crippen molar-refractivity contribution in [3.8, 4) is 11.5 Å². The Balaban J connectivity index is 1.49. The molecule has 2 aliphatic rings. The normalized spacial score (nSPS) is 23.0. The molecule has 2 saturated heterocycles. The topological polar surface area (TPSA) is 85.3 Å². The quantitative estimate of drug-likeness (QED) is 0.628. The number of rotatable bonds is 6. The summed E-state index contributed by atoms with van der Waals surface area (Å²) in [6, 6.07) is 14.0. The average Bonchev–Trinajstić information content (AvgIpc) is 3.20. The lowest BCUT2D eigenvalue weighted by atomic mass is 10.1. The molecule has 7 nitrogen and oxygen atoms in total. The lowest BCUT2D eigenvalue weighted by molar-refractivity contribution is -0.119. The zero-order valence-electron chi connectivity index (χ0n) is 16.7. The van der Waals surface area contributed by atoms with Crippen molar-refractivity contribution in [2.45, 2.75) is 17.8 Å². The first-order valence-electron chi connectivity index (χ1n) is 9.59. The highest BCUT2D eigenvalue weighted by molar-refractivity contribution is 8.15. The van der Waals surface area contributed by atoms with Gasteiger partial charge in [-0.15, -0.1) is 0 Å². The maximum Gasteiger partial charge on any atom is 0.285 e. The molecule has 2 unspecified atom stereocenters. The summed E-state index contributed by atoms with van der Waals surface area (Å²) in [7, 11) is -1.50. The van der Waals surface area contributed by atoms with Gasteiger partial charge >= 0.3 is 0 Å². The number of sulfone groups is 1. The van der Waals surface area contributed by atoms with Crippen LogP contribution in [0, 0.1) is 0 Å². The van der Waals surface area contributed by atoms with Crippen LogP contribution in [0.15, 0.2) is 53.5 Å². The summed E-state index contributed by atoms with van der Waals surface area (Å²) < 4.78 is 35.0. The average molecular weight is 481 g/mol. The number of hydrogen-bond acceptors (Lipinski definition) is 6. The Morgan fingerprint density at radius 2 is 1.81 bits per heavy atom. The molecule has 0 spiro atoms. The van der Waals surface area contributed by atoms with Crippen LogP contribution in [0.3, 0.4) is 0 Å². The molecule has 2 aromatic rings. The van der Waals surface area contributed by atoms with Gasteiger partial charge in [0.25, 0.3) is 5.91 Å². The molecule has 4 rings (SSSR count). The monoisotopic (exact) mass is 480 g/mol. The molecule has 0 saturated carbocycles. The van der Waals surface area contributed by atoms with Crippen LogP contribution in [-0.2, 0) is 21.2 Å². The highest BCUT2D eigenvalue weighted by atomic mass is 35.5. The van der Waals surface area contributed by atoms with Crippen LogP contribution in [0.4, 0.5) is 0 Å². The van der Waals surface area contributed by atoms with Crippen LogP contribution in [-0.4, -0.2) is 60.9 Å². The number of carbonyl (C=O) groups is 1. The maximum atomic E-state index is 12.5. The van der Waals surface area contributed by atoms with E-state index in [2.05, 4.69) is 4.99 Å². The summed E-state index contributed by atoms with van der Waals surface area (Å²) in [5.41, 5.74) is 0.976. The Labute approximate surface area is 190 Å². The standard InChI is InChI=1S/C21H21ClN2O5S2/c1-28-16-6-2-14(3-7-16)10-24-18-12-31(26,27)13-19(18)30-21(24)23-20(25)11-29-17-8-4-15(22)5-9-17/h2-9,18-19H,10-13H2,1H3. The van der Waals surface area contributed by atoms with Crippen molar-refractivity contribution < 1.29 is 22.7 Å². The zero-order chi connectivity index (χ0) is 22.0. The highest BCUT2D eigenvalue weighted by Gasteiger charge is 2.48. The fourth-order valence-electron chi connectivity index (χ4n) is 3.56. The van der Waals surface area contributed by atoms with Crippen LogP contribution in [0.2, 0.25) is 5.02 Å². The highest BCUT2D eigenvalue weighted by Crippen LogP contribution is 2.39. The molecule has 0 bridgehead atoms. The first kappa shape index (κ1) is 22.0. The van der Waals surface area contributed by atoms with Crippen molar-refractivity contribution in [2.24, 2.45) is 4.99 Å². The fourth-order valence-corrected chi connectivity index (χ4v) is 7.66. The number of hydrogen-bond donors (Lipinski definition) is 0. The number of halogens is 1. The predicted molar refractivity (Wildman–Crippen MR) is 122 cm³/mol. The van der Waals surface area contributed by atoms with Crippen LogP contribution >= 0.6 is 23.4 Å². The second-order valence-electron chi connectivity index (χ2n) is 7.31. The SMILES string of the molecule is COc1ccc(CN2C(=NC(=O)COc3ccc(Cl)cc3)SC3CS(=O)(=O)CC32)cc1. The van der Waals surface area contributed by atoms with E-state index in [9.17, 15) is 13.2 Å². The number of aliphatic imine (C=N–C) groups is 1. The number of ether oxygens (including phenoxy) is 2. The molecule has 0 N–H and O–H groups in total. The van der Waals surface area contributed by atoms with Gasteiger partial charge < -0.3 is 14.4 Å². The van der Waals surface area contributed by atoms with E-state index in [-0.39, 0.29) is 29.4 Å². The van der Waals surface area contributed by atoms with E-state index in [1.165, 1.54) is 11.8 Å². The van der Waals surface area contributed by atoms with Crippen molar-refractivity contribution in [1.82, 2.24) is 4.90 Å². The smallest absolute Gasteiger partial charge is 0.285 e. The Kier molecular flexibility index (Phi) is 6.45. The van der Waals surface area contributed by atoms with Crippen LogP contribution in [0.25, 0.3) is 0 Å². The molecular formula is C21H21ClN2O5S2. The largest absolute Gasteiger partial charge is 0.497 e.